The van der Waals surface area contributed by atoms with Crippen LogP contribution in [0.25, 0.3) is 0 Å². The highest BCUT2D eigenvalue weighted by atomic mass is 32.1. The van der Waals surface area contributed by atoms with E-state index in [9.17, 15) is 9.59 Å². The number of carbonyl (C=O) groups is 2. The minimum atomic E-state index is 0.139. The summed E-state index contributed by atoms with van der Waals surface area (Å²) < 4.78 is 0. The van der Waals surface area contributed by atoms with Gasteiger partial charge in [0.25, 0.3) is 0 Å². The fraction of sp³-hybridized carbons (Fsp3) is 0.667. The summed E-state index contributed by atoms with van der Waals surface area (Å²) in [5, 5.41) is 2.64. The first kappa shape index (κ1) is 15.4. The lowest BCUT2D eigenvalue weighted by Crippen LogP contribution is -2.48. The van der Waals surface area contributed by atoms with E-state index in [1.54, 1.807) is 4.90 Å². The van der Waals surface area contributed by atoms with Crippen molar-refractivity contribution in [3.8, 4) is 0 Å². The van der Waals surface area contributed by atoms with Gasteiger partial charge in [0, 0.05) is 44.5 Å². The predicted molar refractivity (Wildman–Crippen MR) is 86.1 cm³/mol. The van der Waals surface area contributed by atoms with Crippen molar-refractivity contribution in [2.75, 3.05) is 44.2 Å². The number of thiazole rings is 1. The second-order valence-electron chi connectivity index (χ2n) is 5.76. The molecule has 0 spiro atoms. The van der Waals surface area contributed by atoms with E-state index < -0.39 is 0 Å². The summed E-state index contributed by atoms with van der Waals surface area (Å²) in [4.78, 5) is 34.6. The highest BCUT2D eigenvalue weighted by molar-refractivity contribution is 7.14. The molecule has 0 atom stereocenters. The molecule has 3 rings (SSSR count). The van der Waals surface area contributed by atoms with E-state index in [0.29, 0.717) is 12.8 Å². The number of nitrogens with zero attached hydrogens (tertiary/aromatic N) is 4. The molecule has 3 heterocycles. The molecule has 0 unspecified atom stereocenters. The van der Waals surface area contributed by atoms with Crippen LogP contribution in [0.5, 0.6) is 0 Å². The molecule has 2 fully saturated rings. The summed E-state index contributed by atoms with van der Waals surface area (Å²) in [6.45, 7) is 7.44. The zero-order chi connectivity index (χ0) is 15.5. The highest BCUT2D eigenvalue weighted by Crippen LogP contribution is 2.25. The van der Waals surface area contributed by atoms with E-state index in [4.69, 9.17) is 0 Å². The zero-order valence-electron chi connectivity index (χ0n) is 13.0. The highest BCUT2D eigenvalue weighted by Gasteiger charge is 2.25. The SMILES string of the molecule is CCN1CCN(C(=O)Cc2csc(N3CCCC3=O)n2)CC1. The predicted octanol–water partition coefficient (Wildman–Crippen LogP) is 0.976. The molecule has 0 aromatic carbocycles. The lowest BCUT2D eigenvalue weighted by atomic mass is 10.2. The second kappa shape index (κ2) is 6.75. The number of aromatic nitrogens is 1. The van der Waals surface area contributed by atoms with E-state index in [-0.39, 0.29) is 11.8 Å². The minimum absolute atomic E-state index is 0.139. The van der Waals surface area contributed by atoms with Gasteiger partial charge in [-0.15, -0.1) is 11.3 Å². The van der Waals surface area contributed by atoms with Gasteiger partial charge in [-0.3, -0.25) is 14.5 Å². The third-order valence-electron chi connectivity index (χ3n) is 4.35. The van der Waals surface area contributed by atoms with Crippen molar-refractivity contribution in [1.29, 1.82) is 0 Å². The molecule has 1 aromatic rings. The van der Waals surface area contributed by atoms with Crippen molar-refractivity contribution in [3.05, 3.63) is 11.1 Å². The lowest BCUT2D eigenvalue weighted by Gasteiger charge is -2.34. The Bertz CT molecular complexity index is 551. The Morgan fingerprint density at radius 2 is 2.05 bits per heavy atom. The van der Waals surface area contributed by atoms with Crippen molar-refractivity contribution in [2.24, 2.45) is 0 Å². The maximum Gasteiger partial charge on any atom is 0.228 e. The first-order chi connectivity index (χ1) is 10.7. The monoisotopic (exact) mass is 322 g/mol. The molecule has 1 aromatic heterocycles. The van der Waals surface area contributed by atoms with Crippen molar-refractivity contribution in [2.45, 2.75) is 26.2 Å². The Hall–Kier alpha value is -1.47. The van der Waals surface area contributed by atoms with Gasteiger partial charge in [0.15, 0.2) is 5.13 Å². The topological polar surface area (TPSA) is 56.8 Å². The van der Waals surface area contributed by atoms with E-state index in [2.05, 4.69) is 16.8 Å². The van der Waals surface area contributed by atoms with Gasteiger partial charge < -0.3 is 9.80 Å². The van der Waals surface area contributed by atoms with Crippen LogP contribution < -0.4 is 4.90 Å². The van der Waals surface area contributed by atoms with Gasteiger partial charge in [-0.05, 0) is 13.0 Å². The quantitative estimate of drug-likeness (QED) is 0.829. The number of hydrogen-bond acceptors (Lipinski definition) is 5. The number of rotatable bonds is 4. The number of hydrogen-bond donors (Lipinski definition) is 0. The van der Waals surface area contributed by atoms with Gasteiger partial charge in [0.05, 0.1) is 12.1 Å². The molecular formula is C15H22N4O2S. The van der Waals surface area contributed by atoms with Crippen LogP contribution in [-0.2, 0) is 16.0 Å². The summed E-state index contributed by atoms with van der Waals surface area (Å²) in [6, 6.07) is 0. The van der Waals surface area contributed by atoms with Crippen molar-refractivity contribution in [3.63, 3.8) is 0 Å². The second-order valence-corrected chi connectivity index (χ2v) is 6.60. The standard InChI is InChI=1S/C15H22N4O2S/c1-2-17-6-8-18(9-7-17)14(21)10-12-11-22-15(16-12)19-5-3-4-13(19)20/h11H,2-10H2,1H3. The van der Waals surface area contributed by atoms with Crippen LogP contribution in [0.15, 0.2) is 5.38 Å². The van der Waals surface area contributed by atoms with Crippen LogP contribution in [-0.4, -0.2) is 65.9 Å². The third kappa shape index (κ3) is 3.30. The molecule has 0 radical (unpaired) electrons. The molecule has 2 amide bonds. The minimum Gasteiger partial charge on any atom is -0.340 e. The fourth-order valence-corrected chi connectivity index (χ4v) is 3.80. The molecule has 0 bridgehead atoms. The van der Waals surface area contributed by atoms with Gasteiger partial charge in [-0.1, -0.05) is 6.92 Å². The Morgan fingerprint density at radius 3 is 2.68 bits per heavy atom. The number of anilines is 1. The van der Waals surface area contributed by atoms with Crippen LogP contribution in [0.4, 0.5) is 5.13 Å². The van der Waals surface area contributed by atoms with Crippen molar-refractivity contribution in [1.82, 2.24) is 14.8 Å². The molecule has 0 aliphatic carbocycles. The van der Waals surface area contributed by atoms with E-state index in [0.717, 1.165) is 56.5 Å². The Kier molecular flexibility index (Phi) is 4.73. The molecule has 2 aliphatic rings. The van der Waals surface area contributed by atoms with Gasteiger partial charge in [0.2, 0.25) is 11.8 Å². The first-order valence-electron chi connectivity index (χ1n) is 7.92. The molecule has 0 saturated carbocycles. The summed E-state index contributed by atoms with van der Waals surface area (Å²) in [5.41, 5.74) is 0.780. The summed E-state index contributed by atoms with van der Waals surface area (Å²) in [7, 11) is 0. The van der Waals surface area contributed by atoms with E-state index >= 15 is 0 Å². The maximum atomic E-state index is 12.3. The molecule has 22 heavy (non-hydrogen) atoms. The lowest BCUT2D eigenvalue weighted by molar-refractivity contribution is -0.132. The molecule has 2 aliphatic heterocycles. The summed E-state index contributed by atoms with van der Waals surface area (Å²) in [6.07, 6.45) is 1.84. The number of piperazine rings is 1. The molecular weight excluding hydrogens is 300 g/mol. The maximum absolute atomic E-state index is 12.3. The van der Waals surface area contributed by atoms with Crippen molar-refractivity contribution >= 4 is 28.3 Å². The van der Waals surface area contributed by atoms with Crippen LogP contribution in [0, 0.1) is 0 Å². The van der Waals surface area contributed by atoms with E-state index in [1.165, 1.54) is 11.3 Å². The molecule has 120 valence electrons. The van der Waals surface area contributed by atoms with Crippen LogP contribution in [0.1, 0.15) is 25.5 Å². The number of likely N-dealkylation sites (N-methyl/N-ethyl adjacent to an activating group) is 1. The van der Waals surface area contributed by atoms with Gasteiger partial charge in [-0.25, -0.2) is 4.98 Å². The molecule has 7 heteroatoms. The Balaban J connectivity index is 1.56. The fourth-order valence-electron chi connectivity index (χ4n) is 2.93. The number of amides is 2. The average molecular weight is 322 g/mol. The Labute approximate surface area is 134 Å². The summed E-state index contributed by atoms with van der Waals surface area (Å²) >= 11 is 1.46. The van der Waals surface area contributed by atoms with Crippen LogP contribution in [0.3, 0.4) is 0 Å². The molecule has 6 nitrogen and oxygen atoms in total. The average Bonchev–Trinajstić information content (AvgIpc) is 3.16. The third-order valence-corrected chi connectivity index (χ3v) is 5.26. The normalized spacial score (nSPS) is 20.0. The Morgan fingerprint density at radius 1 is 1.27 bits per heavy atom. The largest absolute Gasteiger partial charge is 0.340 e. The van der Waals surface area contributed by atoms with Gasteiger partial charge >= 0.3 is 0 Å². The van der Waals surface area contributed by atoms with Crippen LogP contribution >= 0.6 is 11.3 Å². The van der Waals surface area contributed by atoms with Crippen molar-refractivity contribution < 1.29 is 9.59 Å². The number of carbonyl (C=O) groups excluding carboxylic acids is 2. The molecule has 0 N–H and O–H groups in total. The smallest absolute Gasteiger partial charge is 0.228 e. The molecule has 2 saturated heterocycles. The first-order valence-corrected chi connectivity index (χ1v) is 8.80. The van der Waals surface area contributed by atoms with Gasteiger partial charge in [0.1, 0.15) is 0 Å². The van der Waals surface area contributed by atoms with Crippen LogP contribution in [0.2, 0.25) is 0 Å². The zero-order valence-corrected chi connectivity index (χ0v) is 13.8. The summed E-state index contributed by atoms with van der Waals surface area (Å²) in [5.74, 6) is 0.281. The van der Waals surface area contributed by atoms with Gasteiger partial charge in [-0.2, -0.15) is 0 Å². The van der Waals surface area contributed by atoms with E-state index in [1.807, 2.05) is 10.3 Å².